The van der Waals surface area contributed by atoms with E-state index in [9.17, 15) is 0 Å². The highest BCUT2D eigenvalue weighted by Gasteiger charge is 2.21. The number of rotatable bonds is 6. The molecule has 2 unspecified atom stereocenters. The third kappa shape index (κ3) is 3.44. The number of hydrogen-bond acceptors (Lipinski definition) is 4. The smallest absolute Gasteiger partial charge is 0.161 e. The van der Waals surface area contributed by atoms with E-state index in [4.69, 9.17) is 9.47 Å². The minimum atomic E-state index is 0.309. The molecule has 0 aromatic heterocycles. The zero-order valence-corrected chi connectivity index (χ0v) is 13.0. The molecule has 0 radical (unpaired) electrons. The predicted octanol–water partition coefficient (Wildman–Crippen LogP) is 2.45. The summed E-state index contributed by atoms with van der Waals surface area (Å²) in [6.07, 6.45) is 2.61. The SMILES string of the molecule is COc1ccc(C(C)NCC2CCCN2C)cc1OC. The van der Waals surface area contributed by atoms with Gasteiger partial charge in [-0.15, -0.1) is 0 Å². The van der Waals surface area contributed by atoms with Crippen molar-refractivity contribution in [1.82, 2.24) is 10.2 Å². The largest absolute Gasteiger partial charge is 0.493 e. The van der Waals surface area contributed by atoms with E-state index in [1.54, 1.807) is 14.2 Å². The molecule has 1 aliphatic heterocycles. The minimum Gasteiger partial charge on any atom is -0.493 e. The molecule has 20 heavy (non-hydrogen) atoms. The molecule has 2 rings (SSSR count). The second kappa shape index (κ2) is 6.95. The van der Waals surface area contributed by atoms with Gasteiger partial charge in [-0.05, 0) is 51.1 Å². The second-order valence-electron chi connectivity index (χ2n) is 5.52. The maximum absolute atomic E-state index is 5.36. The topological polar surface area (TPSA) is 33.7 Å². The lowest BCUT2D eigenvalue weighted by atomic mass is 10.1. The first-order chi connectivity index (χ1) is 9.65. The van der Waals surface area contributed by atoms with Gasteiger partial charge >= 0.3 is 0 Å². The Kier molecular flexibility index (Phi) is 5.26. The molecule has 0 aliphatic carbocycles. The summed E-state index contributed by atoms with van der Waals surface area (Å²) in [6, 6.07) is 7.08. The third-order valence-electron chi connectivity index (χ3n) is 4.24. The number of hydrogen-bond donors (Lipinski definition) is 1. The average Bonchev–Trinajstić information content (AvgIpc) is 2.89. The van der Waals surface area contributed by atoms with Crippen LogP contribution in [0.2, 0.25) is 0 Å². The molecule has 1 aromatic carbocycles. The molecule has 1 aromatic rings. The average molecular weight is 278 g/mol. The first-order valence-electron chi connectivity index (χ1n) is 7.31. The number of likely N-dealkylation sites (tertiary alicyclic amines) is 1. The summed E-state index contributed by atoms with van der Waals surface area (Å²) in [5, 5.41) is 3.62. The van der Waals surface area contributed by atoms with E-state index in [-0.39, 0.29) is 0 Å². The van der Waals surface area contributed by atoms with Crippen molar-refractivity contribution in [3.05, 3.63) is 23.8 Å². The van der Waals surface area contributed by atoms with Crippen LogP contribution in [-0.2, 0) is 0 Å². The molecular weight excluding hydrogens is 252 g/mol. The maximum Gasteiger partial charge on any atom is 0.161 e. The fourth-order valence-electron chi connectivity index (χ4n) is 2.79. The Morgan fingerprint density at radius 1 is 1.30 bits per heavy atom. The first-order valence-corrected chi connectivity index (χ1v) is 7.31. The van der Waals surface area contributed by atoms with Gasteiger partial charge in [-0.3, -0.25) is 0 Å². The molecule has 0 bridgehead atoms. The molecule has 1 aliphatic rings. The Hall–Kier alpha value is -1.26. The Morgan fingerprint density at radius 2 is 2.05 bits per heavy atom. The number of nitrogens with one attached hydrogen (secondary N) is 1. The lowest BCUT2D eigenvalue weighted by Crippen LogP contribution is -2.36. The highest BCUT2D eigenvalue weighted by atomic mass is 16.5. The number of ether oxygens (including phenoxy) is 2. The molecule has 2 atom stereocenters. The predicted molar refractivity (Wildman–Crippen MR) is 81.6 cm³/mol. The van der Waals surface area contributed by atoms with Crippen molar-refractivity contribution in [2.75, 3.05) is 34.4 Å². The van der Waals surface area contributed by atoms with Crippen molar-refractivity contribution in [3.63, 3.8) is 0 Å². The lowest BCUT2D eigenvalue weighted by molar-refractivity contribution is 0.293. The van der Waals surface area contributed by atoms with E-state index in [1.165, 1.54) is 24.9 Å². The van der Waals surface area contributed by atoms with E-state index < -0.39 is 0 Å². The molecule has 0 saturated carbocycles. The van der Waals surface area contributed by atoms with E-state index in [1.807, 2.05) is 6.07 Å². The first kappa shape index (κ1) is 15.1. The van der Waals surface area contributed by atoms with Gasteiger partial charge < -0.3 is 19.7 Å². The Labute approximate surface area is 122 Å². The minimum absolute atomic E-state index is 0.309. The second-order valence-corrected chi connectivity index (χ2v) is 5.52. The standard InChI is InChI=1S/C16H26N2O2/c1-12(17-11-14-6-5-9-18(14)2)13-7-8-15(19-3)16(10-13)20-4/h7-8,10,12,14,17H,5-6,9,11H2,1-4H3. The Balaban J connectivity index is 1.96. The van der Waals surface area contributed by atoms with Gasteiger partial charge in [-0.1, -0.05) is 6.07 Å². The molecule has 4 heteroatoms. The monoisotopic (exact) mass is 278 g/mol. The zero-order valence-electron chi connectivity index (χ0n) is 13.0. The van der Waals surface area contributed by atoms with Crippen LogP contribution in [-0.4, -0.2) is 45.3 Å². The molecule has 0 amide bonds. The molecule has 4 nitrogen and oxygen atoms in total. The van der Waals surface area contributed by atoms with Crippen molar-refractivity contribution in [3.8, 4) is 11.5 Å². The van der Waals surface area contributed by atoms with Gasteiger partial charge in [-0.25, -0.2) is 0 Å². The summed E-state index contributed by atoms with van der Waals surface area (Å²) >= 11 is 0. The quantitative estimate of drug-likeness (QED) is 0.866. The van der Waals surface area contributed by atoms with Gasteiger partial charge in [0.05, 0.1) is 14.2 Å². The van der Waals surface area contributed by atoms with Gasteiger partial charge in [0.25, 0.3) is 0 Å². The fourth-order valence-corrected chi connectivity index (χ4v) is 2.79. The van der Waals surface area contributed by atoms with Crippen LogP contribution in [0, 0.1) is 0 Å². The molecule has 1 fully saturated rings. The van der Waals surface area contributed by atoms with Crippen molar-refractivity contribution in [2.24, 2.45) is 0 Å². The number of methoxy groups -OCH3 is 2. The Morgan fingerprint density at radius 3 is 2.65 bits per heavy atom. The molecule has 112 valence electrons. The maximum atomic E-state index is 5.36. The molecule has 1 heterocycles. The summed E-state index contributed by atoms with van der Waals surface area (Å²) in [7, 11) is 5.54. The summed E-state index contributed by atoms with van der Waals surface area (Å²) in [6.45, 7) is 4.44. The molecule has 1 saturated heterocycles. The highest BCUT2D eigenvalue weighted by Crippen LogP contribution is 2.30. The van der Waals surface area contributed by atoms with Gasteiger partial charge in [0.15, 0.2) is 11.5 Å². The van der Waals surface area contributed by atoms with E-state index >= 15 is 0 Å². The van der Waals surface area contributed by atoms with Crippen LogP contribution in [0.15, 0.2) is 18.2 Å². The Bertz CT molecular complexity index is 436. The normalized spacial score (nSPS) is 20.9. The summed E-state index contributed by atoms with van der Waals surface area (Å²) in [5.74, 6) is 1.57. The van der Waals surface area contributed by atoms with E-state index in [0.29, 0.717) is 12.1 Å². The molecule has 1 N–H and O–H groups in total. The van der Waals surface area contributed by atoms with Crippen LogP contribution in [0.3, 0.4) is 0 Å². The van der Waals surface area contributed by atoms with Crippen LogP contribution in [0.5, 0.6) is 11.5 Å². The van der Waals surface area contributed by atoms with Crippen LogP contribution in [0.25, 0.3) is 0 Å². The van der Waals surface area contributed by atoms with Crippen molar-refractivity contribution >= 4 is 0 Å². The van der Waals surface area contributed by atoms with Gasteiger partial charge in [0.1, 0.15) is 0 Å². The summed E-state index contributed by atoms with van der Waals surface area (Å²) in [5.41, 5.74) is 1.23. The van der Waals surface area contributed by atoms with Gasteiger partial charge in [0, 0.05) is 18.6 Å². The summed E-state index contributed by atoms with van der Waals surface area (Å²) in [4.78, 5) is 2.44. The fraction of sp³-hybridized carbons (Fsp3) is 0.625. The number of nitrogens with zero attached hydrogens (tertiary/aromatic N) is 1. The van der Waals surface area contributed by atoms with Crippen LogP contribution in [0.4, 0.5) is 0 Å². The number of likely N-dealkylation sites (N-methyl/N-ethyl adjacent to an activating group) is 1. The summed E-state index contributed by atoms with van der Waals surface area (Å²) < 4.78 is 10.6. The highest BCUT2D eigenvalue weighted by molar-refractivity contribution is 5.43. The molecule has 0 spiro atoms. The van der Waals surface area contributed by atoms with E-state index in [0.717, 1.165) is 18.0 Å². The van der Waals surface area contributed by atoms with Crippen LogP contribution < -0.4 is 14.8 Å². The number of benzene rings is 1. The van der Waals surface area contributed by atoms with Crippen molar-refractivity contribution < 1.29 is 9.47 Å². The van der Waals surface area contributed by atoms with Gasteiger partial charge in [-0.2, -0.15) is 0 Å². The zero-order chi connectivity index (χ0) is 14.5. The van der Waals surface area contributed by atoms with Crippen LogP contribution >= 0.6 is 0 Å². The lowest BCUT2D eigenvalue weighted by Gasteiger charge is -2.23. The van der Waals surface area contributed by atoms with Crippen LogP contribution in [0.1, 0.15) is 31.4 Å². The third-order valence-corrected chi connectivity index (χ3v) is 4.24. The molecular formula is C16H26N2O2. The van der Waals surface area contributed by atoms with E-state index in [2.05, 4.69) is 36.3 Å². The van der Waals surface area contributed by atoms with Crippen molar-refractivity contribution in [2.45, 2.75) is 31.8 Å². The van der Waals surface area contributed by atoms with Crippen molar-refractivity contribution in [1.29, 1.82) is 0 Å². The van der Waals surface area contributed by atoms with Gasteiger partial charge in [0.2, 0.25) is 0 Å².